The number of carbonyl (C=O) groups excluding carboxylic acids is 1. The van der Waals surface area contributed by atoms with E-state index >= 15 is 0 Å². The van der Waals surface area contributed by atoms with Crippen LogP contribution >= 0.6 is 0 Å². The second-order valence-corrected chi connectivity index (χ2v) is 5.84. The molecule has 0 radical (unpaired) electrons. The van der Waals surface area contributed by atoms with Crippen LogP contribution in [0.3, 0.4) is 0 Å². The van der Waals surface area contributed by atoms with Crippen molar-refractivity contribution in [3.8, 4) is 0 Å². The maximum atomic E-state index is 10.1. The molecule has 0 heterocycles. The van der Waals surface area contributed by atoms with E-state index in [0.29, 0.717) is 13.2 Å². The predicted molar refractivity (Wildman–Crippen MR) is 92.8 cm³/mol. The summed E-state index contributed by atoms with van der Waals surface area (Å²) in [5.74, 6) is 0. The van der Waals surface area contributed by atoms with Gasteiger partial charge in [-0.3, -0.25) is 0 Å². The first-order valence-electron chi connectivity index (χ1n) is 9.19. The number of rotatable bonds is 18. The molecule has 0 aliphatic carbocycles. The molecule has 0 unspecified atom stereocenters. The highest BCUT2D eigenvalue weighted by Gasteiger charge is 1.92. The Bertz CT molecular complexity index is 239. The van der Waals surface area contributed by atoms with Crippen LogP contribution in [0.5, 0.6) is 0 Å². The van der Waals surface area contributed by atoms with Crippen molar-refractivity contribution in [3.05, 3.63) is 12.3 Å². The molecule has 0 atom stereocenters. The molecule has 22 heavy (non-hydrogen) atoms. The Kier molecular flexibility index (Phi) is 19.4. The molecule has 0 aromatic heterocycles. The molecule has 0 aliphatic rings. The highest BCUT2D eigenvalue weighted by atomic mass is 16.7. The summed E-state index contributed by atoms with van der Waals surface area (Å²) >= 11 is 0. The second-order valence-electron chi connectivity index (χ2n) is 5.84. The van der Waals surface area contributed by atoms with Crippen molar-refractivity contribution in [1.82, 2.24) is 0 Å². The zero-order chi connectivity index (χ0) is 16.1. The van der Waals surface area contributed by atoms with Gasteiger partial charge in [-0.15, -0.1) is 0 Å². The molecule has 0 aromatic carbocycles. The molecule has 3 heteroatoms. The lowest BCUT2D eigenvalue weighted by Gasteiger charge is -2.04. The van der Waals surface area contributed by atoms with Crippen LogP contribution in [0.1, 0.15) is 90.4 Å². The van der Waals surface area contributed by atoms with Crippen LogP contribution in [0.2, 0.25) is 0 Å². The summed E-state index contributed by atoms with van der Waals surface area (Å²) in [6.45, 7) is 3.41. The van der Waals surface area contributed by atoms with E-state index in [-0.39, 0.29) is 0 Å². The summed E-state index contributed by atoms with van der Waals surface area (Å²) in [5.41, 5.74) is 0. The lowest BCUT2D eigenvalue weighted by molar-refractivity contribution is -0.107. The van der Waals surface area contributed by atoms with Gasteiger partial charge in [0.15, 0.2) is 6.79 Å². The molecular formula is C19H36O3. The van der Waals surface area contributed by atoms with Crippen molar-refractivity contribution < 1.29 is 14.3 Å². The van der Waals surface area contributed by atoms with Crippen LogP contribution < -0.4 is 0 Å². The van der Waals surface area contributed by atoms with E-state index in [9.17, 15) is 4.79 Å². The summed E-state index contributed by atoms with van der Waals surface area (Å²) in [4.78, 5) is 10.1. The van der Waals surface area contributed by atoms with Gasteiger partial charge in [-0.25, -0.2) is 0 Å². The predicted octanol–water partition coefficient (Wildman–Crippen LogP) is 5.78. The van der Waals surface area contributed by atoms with Gasteiger partial charge >= 0.3 is 0 Å². The number of allylic oxidation sites excluding steroid dienone is 1. The van der Waals surface area contributed by atoms with E-state index in [0.717, 1.165) is 45.0 Å². The average molecular weight is 312 g/mol. The van der Waals surface area contributed by atoms with Crippen LogP contribution in [0.15, 0.2) is 12.3 Å². The minimum Gasteiger partial charge on any atom is -0.475 e. The fraction of sp³-hybridized carbons (Fsp3) is 0.842. The van der Waals surface area contributed by atoms with Gasteiger partial charge < -0.3 is 14.3 Å². The van der Waals surface area contributed by atoms with Gasteiger partial charge in [-0.05, 0) is 31.8 Å². The highest BCUT2D eigenvalue weighted by molar-refractivity contribution is 5.48. The lowest BCUT2D eigenvalue weighted by atomic mass is 10.1. The Labute approximate surface area is 137 Å². The topological polar surface area (TPSA) is 35.5 Å². The summed E-state index contributed by atoms with van der Waals surface area (Å²) < 4.78 is 10.7. The van der Waals surface area contributed by atoms with E-state index in [4.69, 9.17) is 9.47 Å². The SMILES string of the molecule is CCCCCCCCCCOCOC=CCCCCCC=O. The lowest BCUT2D eigenvalue weighted by Crippen LogP contribution is -1.98. The molecule has 0 saturated heterocycles. The average Bonchev–Trinajstić information content (AvgIpc) is 2.54. The zero-order valence-electron chi connectivity index (χ0n) is 14.6. The standard InChI is InChI=1S/C19H36O3/c1-2-3-4-5-6-8-11-14-17-21-19-22-18-15-12-9-7-10-13-16-20/h15-16,18H,2-14,17,19H2,1H3. The van der Waals surface area contributed by atoms with Crippen molar-refractivity contribution in [1.29, 1.82) is 0 Å². The molecule has 0 aromatic rings. The Morgan fingerprint density at radius 1 is 0.773 bits per heavy atom. The number of hydrogen-bond donors (Lipinski definition) is 0. The third-order valence-corrected chi connectivity index (χ3v) is 3.68. The quantitative estimate of drug-likeness (QED) is 0.139. The van der Waals surface area contributed by atoms with Crippen molar-refractivity contribution in [3.63, 3.8) is 0 Å². The molecule has 0 bridgehead atoms. The minimum absolute atomic E-state index is 0.359. The van der Waals surface area contributed by atoms with Gasteiger partial charge in [0, 0.05) is 6.42 Å². The molecule has 0 amide bonds. The molecular weight excluding hydrogens is 276 g/mol. The van der Waals surface area contributed by atoms with Crippen molar-refractivity contribution in [2.45, 2.75) is 90.4 Å². The van der Waals surface area contributed by atoms with Crippen LogP contribution in [0, 0.1) is 0 Å². The molecule has 0 saturated carbocycles. The zero-order valence-corrected chi connectivity index (χ0v) is 14.6. The second kappa shape index (κ2) is 20.2. The molecule has 0 fully saturated rings. The Balaban J connectivity index is 3.03. The Morgan fingerprint density at radius 2 is 1.41 bits per heavy atom. The van der Waals surface area contributed by atoms with Crippen molar-refractivity contribution >= 4 is 6.29 Å². The van der Waals surface area contributed by atoms with E-state index < -0.39 is 0 Å². The van der Waals surface area contributed by atoms with Gasteiger partial charge in [0.25, 0.3) is 0 Å². The first-order valence-corrected chi connectivity index (χ1v) is 9.19. The number of hydrogen-bond acceptors (Lipinski definition) is 3. The Morgan fingerprint density at radius 3 is 2.14 bits per heavy atom. The molecule has 130 valence electrons. The van der Waals surface area contributed by atoms with Gasteiger partial charge in [-0.1, -0.05) is 58.3 Å². The van der Waals surface area contributed by atoms with Gasteiger partial charge in [0.1, 0.15) is 6.29 Å². The van der Waals surface area contributed by atoms with E-state index in [2.05, 4.69) is 6.92 Å². The fourth-order valence-electron chi connectivity index (χ4n) is 2.29. The maximum Gasteiger partial charge on any atom is 0.188 e. The highest BCUT2D eigenvalue weighted by Crippen LogP contribution is 2.08. The van der Waals surface area contributed by atoms with Gasteiger partial charge in [0.05, 0.1) is 12.9 Å². The summed E-state index contributed by atoms with van der Waals surface area (Å²) in [7, 11) is 0. The smallest absolute Gasteiger partial charge is 0.188 e. The van der Waals surface area contributed by atoms with E-state index in [1.54, 1.807) is 6.26 Å². The van der Waals surface area contributed by atoms with Crippen LogP contribution in [0.4, 0.5) is 0 Å². The summed E-state index contributed by atoms with van der Waals surface area (Å²) in [6, 6.07) is 0. The fourth-order valence-corrected chi connectivity index (χ4v) is 2.29. The van der Waals surface area contributed by atoms with Crippen molar-refractivity contribution in [2.24, 2.45) is 0 Å². The normalized spacial score (nSPS) is 11.1. The first-order chi connectivity index (χ1) is 10.9. The monoisotopic (exact) mass is 312 g/mol. The minimum atomic E-state index is 0.359. The third-order valence-electron chi connectivity index (χ3n) is 3.68. The van der Waals surface area contributed by atoms with Crippen LogP contribution in [-0.2, 0) is 14.3 Å². The molecule has 0 N–H and O–H groups in total. The third kappa shape index (κ3) is 19.2. The number of unbranched alkanes of at least 4 members (excludes halogenated alkanes) is 11. The molecule has 0 aliphatic heterocycles. The summed E-state index contributed by atoms with van der Waals surface area (Å²) in [5, 5.41) is 0. The molecule has 3 nitrogen and oxygen atoms in total. The number of ether oxygens (including phenoxy) is 2. The van der Waals surface area contributed by atoms with E-state index in [1.807, 2.05) is 6.08 Å². The summed E-state index contributed by atoms with van der Waals surface area (Å²) in [6.07, 6.45) is 20.3. The molecule has 0 spiro atoms. The van der Waals surface area contributed by atoms with E-state index in [1.165, 1.54) is 44.9 Å². The van der Waals surface area contributed by atoms with Crippen LogP contribution in [-0.4, -0.2) is 19.7 Å². The van der Waals surface area contributed by atoms with Gasteiger partial charge in [-0.2, -0.15) is 0 Å². The van der Waals surface area contributed by atoms with Gasteiger partial charge in [0.2, 0.25) is 0 Å². The number of aldehydes is 1. The van der Waals surface area contributed by atoms with Crippen LogP contribution in [0.25, 0.3) is 0 Å². The van der Waals surface area contributed by atoms with Crippen molar-refractivity contribution in [2.75, 3.05) is 13.4 Å². The largest absolute Gasteiger partial charge is 0.475 e. The molecule has 0 rings (SSSR count). The Hall–Kier alpha value is -0.830. The first kappa shape index (κ1) is 21.2. The number of carbonyl (C=O) groups is 1. The maximum absolute atomic E-state index is 10.1.